The summed E-state index contributed by atoms with van der Waals surface area (Å²) in [5, 5.41) is 19.9. The standard InChI is InChI=1S/C12H17NO3S/c14-6-5-13(10-2-1-3-10)8-9-4-7-17-11(9)12(15)16/h4,7,10,14H,1-3,5-6,8H2,(H,15,16). The highest BCUT2D eigenvalue weighted by atomic mass is 32.1. The first-order chi connectivity index (χ1) is 8.22. The van der Waals surface area contributed by atoms with E-state index in [1.807, 2.05) is 11.4 Å². The molecule has 1 aliphatic rings. The summed E-state index contributed by atoms with van der Waals surface area (Å²) in [7, 11) is 0. The average Bonchev–Trinajstić information content (AvgIpc) is 2.63. The first kappa shape index (κ1) is 12.5. The lowest BCUT2D eigenvalue weighted by molar-refractivity contribution is 0.0694. The Labute approximate surface area is 104 Å². The van der Waals surface area contributed by atoms with Crippen LogP contribution in [0.3, 0.4) is 0 Å². The van der Waals surface area contributed by atoms with Crippen LogP contribution in [-0.4, -0.2) is 40.3 Å². The monoisotopic (exact) mass is 255 g/mol. The number of aliphatic hydroxyl groups excluding tert-OH is 1. The normalized spacial score (nSPS) is 16.1. The Bertz CT molecular complexity index is 387. The number of carboxylic acid groups (broad SMARTS) is 1. The predicted octanol–water partition coefficient (Wildman–Crippen LogP) is 1.79. The van der Waals surface area contributed by atoms with Crippen LogP contribution in [0.5, 0.6) is 0 Å². The molecule has 2 rings (SSSR count). The van der Waals surface area contributed by atoms with Gasteiger partial charge in [0.05, 0.1) is 6.61 Å². The molecule has 0 saturated heterocycles. The van der Waals surface area contributed by atoms with Crippen molar-refractivity contribution in [2.24, 2.45) is 0 Å². The Kier molecular flexibility index (Phi) is 4.15. The van der Waals surface area contributed by atoms with E-state index in [1.54, 1.807) is 0 Å². The highest BCUT2D eigenvalue weighted by molar-refractivity contribution is 7.12. The smallest absolute Gasteiger partial charge is 0.346 e. The second-order valence-corrected chi connectivity index (χ2v) is 5.28. The average molecular weight is 255 g/mol. The lowest BCUT2D eigenvalue weighted by Gasteiger charge is -2.37. The molecule has 0 aliphatic heterocycles. The number of thiophene rings is 1. The molecule has 17 heavy (non-hydrogen) atoms. The van der Waals surface area contributed by atoms with E-state index >= 15 is 0 Å². The molecular formula is C12H17NO3S. The summed E-state index contributed by atoms with van der Waals surface area (Å²) in [6.45, 7) is 1.39. The molecule has 1 heterocycles. The molecule has 2 N–H and O–H groups in total. The Morgan fingerprint density at radius 1 is 1.53 bits per heavy atom. The van der Waals surface area contributed by atoms with Gasteiger partial charge in [-0.2, -0.15) is 0 Å². The van der Waals surface area contributed by atoms with E-state index in [4.69, 9.17) is 10.2 Å². The van der Waals surface area contributed by atoms with Crippen LogP contribution in [0.4, 0.5) is 0 Å². The van der Waals surface area contributed by atoms with Gasteiger partial charge in [0, 0.05) is 19.1 Å². The first-order valence-corrected chi connectivity index (χ1v) is 6.75. The van der Waals surface area contributed by atoms with Crippen LogP contribution in [0.2, 0.25) is 0 Å². The molecule has 0 spiro atoms. The minimum atomic E-state index is -0.854. The summed E-state index contributed by atoms with van der Waals surface area (Å²) >= 11 is 1.27. The van der Waals surface area contributed by atoms with E-state index in [0.717, 1.165) is 18.4 Å². The Morgan fingerprint density at radius 2 is 2.29 bits per heavy atom. The minimum absolute atomic E-state index is 0.128. The molecule has 4 nitrogen and oxygen atoms in total. The zero-order valence-corrected chi connectivity index (χ0v) is 10.4. The van der Waals surface area contributed by atoms with Crippen LogP contribution in [0.1, 0.15) is 34.5 Å². The van der Waals surface area contributed by atoms with E-state index < -0.39 is 5.97 Å². The fraction of sp³-hybridized carbons (Fsp3) is 0.583. The number of aromatic carboxylic acids is 1. The summed E-state index contributed by atoms with van der Waals surface area (Å²) in [5.41, 5.74) is 0.864. The van der Waals surface area contributed by atoms with Crippen molar-refractivity contribution in [2.75, 3.05) is 13.2 Å². The van der Waals surface area contributed by atoms with Crippen molar-refractivity contribution in [3.05, 3.63) is 21.9 Å². The van der Waals surface area contributed by atoms with Gasteiger partial charge in [-0.1, -0.05) is 6.42 Å². The molecule has 0 atom stereocenters. The number of carboxylic acids is 1. The second-order valence-electron chi connectivity index (χ2n) is 4.36. The fourth-order valence-corrected chi connectivity index (χ4v) is 2.89. The quantitative estimate of drug-likeness (QED) is 0.813. The topological polar surface area (TPSA) is 60.8 Å². The summed E-state index contributed by atoms with van der Waals surface area (Å²) in [5.74, 6) is -0.854. The first-order valence-electron chi connectivity index (χ1n) is 5.87. The van der Waals surface area contributed by atoms with Crippen LogP contribution in [-0.2, 0) is 6.54 Å². The lowest BCUT2D eigenvalue weighted by atomic mass is 9.91. The third-order valence-electron chi connectivity index (χ3n) is 3.29. The van der Waals surface area contributed by atoms with Gasteiger partial charge in [-0.3, -0.25) is 4.90 Å². The third kappa shape index (κ3) is 2.86. The highest BCUT2D eigenvalue weighted by Gasteiger charge is 2.25. The van der Waals surface area contributed by atoms with Gasteiger partial charge in [-0.25, -0.2) is 4.79 Å². The number of aliphatic hydroxyl groups is 1. The summed E-state index contributed by atoms with van der Waals surface area (Å²) < 4.78 is 0. The van der Waals surface area contributed by atoms with Crippen LogP contribution < -0.4 is 0 Å². The molecule has 1 saturated carbocycles. The van der Waals surface area contributed by atoms with Crippen molar-refractivity contribution in [2.45, 2.75) is 31.8 Å². The van der Waals surface area contributed by atoms with Gasteiger partial charge in [0.25, 0.3) is 0 Å². The maximum atomic E-state index is 11.0. The molecule has 1 fully saturated rings. The van der Waals surface area contributed by atoms with Crippen molar-refractivity contribution in [3.8, 4) is 0 Å². The zero-order chi connectivity index (χ0) is 12.3. The molecule has 94 valence electrons. The molecule has 5 heteroatoms. The van der Waals surface area contributed by atoms with Crippen LogP contribution >= 0.6 is 11.3 Å². The molecule has 1 aromatic rings. The lowest BCUT2D eigenvalue weighted by Crippen LogP contribution is -2.41. The predicted molar refractivity (Wildman–Crippen MR) is 66.4 cm³/mol. The summed E-state index contributed by atoms with van der Waals surface area (Å²) in [6.07, 6.45) is 3.56. The number of rotatable bonds is 6. The Morgan fingerprint density at radius 3 is 2.82 bits per heavy atom. The van der Waals surface area contributed by atoms with Gasteiger partial charge in [-0.15, -0.1) is 11.3 Å². The van der Waals surface area contributed by atoms with Gasteiger partial charge in [-0.05, 0) is 29.9 Å². The van der Waals surface area contributed by atoms with Gasteiger partial charge in [0.1, 0.15) is 4.88 Å². The summed E-state index contributed by atoms with van der Waals surface area (Å²) in [6, 6.07) is 2.39. The van der Waals surface area contributed by atoms with Gasteiger partial charge >= 0.3 is 5.97 Å². The highest BCUT2D eigenvalue weighted by Crippen LogP contribution is 2.27. The van der Waals surface area contributed by atoms with Gasteiger partial charge in [0.2, 0.25) is 0 Å². The molecule has 0 bridgehead atoms. The van der Waals surface area contributed by atoms with E-state index in [2.05, 4.69) is 4.90 Å². The maximum absolute atomic E-state index is 11.0. The van der Waals surface area contributed by atoms with Crippen molar-refractivity contribution < 1.29 is 15.0 Å². The van der Waals surface area contributed by atoms with Gasteiger partial charge < -0.3 is 10.2 Å². The van der Waals surface area contributed by atoms with E-state index in [9.17, 15) is 4.79 Å². The number of carbonyl (C=O) groups is 1. The molecule has 1 aliphatic carbocycles. The Hall–Kier alpha value is -0.910. The SMILES string of the molecule is O=C(O)c1sccc1CN(CCO)C1CCC1. The van der Waals surface area contributed by atoms with Gasteiger partial charge in [0.15, 0.2) is 0 Å². The fourth-order valence-electron chi connectivity index (χ4n) is 2.14. The third-order valence-corrected chi connectivity index (χ3v) is 4.24. The number of hydrogen-bond donors (Lipinski definition) is 2. The van der Waals surface area contributed by atoms with Crippen LogP contribution in [0.25, 0.3) is 0 Å². The van der Waals surface area contributed by atoms with Crippen LogP contribution in [0, 0.1) is 0 Å². The van der Waals surface area contributed by atoms with E-state index in [1.165, 1.54) is 17.8 Å². The maximum Gasteiger partial charge on any atom is 0.346 e. The molecule has 0 aromatic carbocycles. The van der Waals surface area contributed by atoms with E-state index in [-0.39, 0.29) is 6.61 Å². The van der Waals surface area contributed by atoms with Crippen molar-refractivity contribution in [1.82, 2.24) is 4.90 Å². The zero-order valence-electron chi connectivity index (χ0n) is 9.63. The second kappa shape index (κ2) is 5.62. The van der Waals surface area contributed by atoms with Crippen molar-refractivity contribution >= 4 is 17.3 Å². The van der Waals surface area contributed by atoms with Crippen LogP contribution in [0.15, 0.2) is 11.4 Å². The Balaban J connectivity index is 2.05. The number of hydrogen-bond acceptors (Lipinski definition) is 4. The molecule has 0 unspecified atom stereocenters. The van der Waals surface area contributed by atoms with Crippen molar-refractivity contribution in [1.29, 1.82) is 0 Å². The number of nitrogens with zero attached hydrogens (tertiary/aromatic N) is 1. The van der Waals surface area contributed by atoms with Crippen molar-refractivity contribution in [3.63, 3.8) is 0 Å². The summed E-state index contributed by atoms with van der Waals surface area (Å²) in [4.78, 5) is 13.6. The molecule has 0 amide bonds. The minimum Gasteiger partial charge on any atom is -0.477 e. The molecular weight excluding hydrogens is 238 g/mol. The molecule has 1 aromatic heterocycles. The molecule has 0 radical (unpaired) electrons. The van der Waals surface area contributed by atoms with E-state index in [0.29, 0.717) is 24.0 Å². The largest absolute Gasteiger partial charge is 0.477 e.